The molecule has 2 N–H and O–H groups in total. The summed E-state index contributed by atoms with van der Waals surface area (Å²) in [5.41, 5.74) is -0.984. The van der Waals surface area contributed by atoms with Gasteiger partial charge in [-0.15, -0.1) is 0 Å². The molecule has 3 heterocycles. The maximum absolute atomic E-state index is 13.5. The van der Waals surface area contributed by atoms with Crippen LogP contribution in [0.5, 0.6) is 5.75 Å². The molecule has 1 aliphatic carbocycles. The average molecular weight is 504 g/mol. The van der Waals surface area contributed by atoms with E-state index in [1.54, 1.807) is 0 Å². The minimum Gasteiger partial charge on any atom is -0.501 e. The van der Waals surface area contributed by atoms with E-state index in [0.29, 0.717) is 12.8 Å². The Balaban J connectivity index is 1.65. The summed E-state index contributed by atoms with van der Waals surface area (Å²) in [5, 5.41) is 13.0. The second-order valence-electron chi connectivity index (χ2n) is 9.48. The van der Waals surface area contributed by atoms with E-state index in [4.69, 9.17) is 0 Å². The molecule has 2 aliphatic heterocycles. The van der Waals surface area contributed by atoms with Crippen LogP contribution in [-0.4, -0.2) is 69.4 Å². The van der Waals surface area contributed by atoms with Gasteiger partial charge in [-0.3, -0.25) is 23.7 Å². The molecule has 0 spiro atoms. The number of nitrogens with zero attached hydrogens (tertiary/aromatic N) is 4. The second-order valence-corrected chi connectivity index (χ2v) is 9.48. The number of fused-ring (bicyclic) bond motifs is 2. The summed E-state index contributed by atoms with van der Waals surface area (Å²) in [6, 6.07) is 2.73. The molecule has 1 aromatic heterocycles. The number of carbonyl (C=O) groups is 3. The first-order valence-electron chi connectivity index (χ1n) is 11.5. The van der Waals surface area contributed by atoms with Crippen molar-refractivity contribution in [3.05, 3.63) is 57.3 Å². The van der Waals surface area contributed by atoms with Crippen LogP contribution in [0.3, 0.4) is 0 Å². The Morgan fingerprint density at radius 3 is 2.53 bits per heavy atom. The number of hydrogen-bond acceptors (Lipinski definition) is 6. The molecule has 1 saturated carbocycles. The molecule has 3 unspecified atom stereocenters. The molecule has 1 aromatic carbocycles. The van der Waals surface area contributed by atoms with Crippen molar-refractivity contribution in [1.82, 2.24) is 24.7 Å². The molecular weight excluding hydrogens is 476 g/mol. The van der Waals surface area contributed by atoms with Crippen molar-refractivity contribution in [2.75, 3.05) is 21.1 Å². The molecular formula is C24H27F2N5O5. The van der Waals surface area contributed by atoms with Crippen LogP contribution in [0.1, 0.15) is 47.1 Å². The molecule has 12 heteroatoms. The number of aromatic hydroxyl groups is 1. The van der Waals surface area contributed by atoms with Crippen LogP contribution in [-0.2, 0) is 22.7 Å². The average Bonchev–Trinajstić information content (AvgIpc) is 3.13. The first-order valence-corrected chi connectivity index (χ1v) is 11.5. The smallest absolute Gasteiger partial charge is 0.312 e. The van der Waals surface area contributed by atoms with Crippen molar-refractivity contribution in [1.29, 1.82) is 0 Å². The molecule has 3 atom stereocenters. The van der Waals surface area contributed by atoms with Crippen LogP contribution in [0.4, 0.5) is 8.78 Å². The summed E-state index contributed by atoms with van der Waals surface area (Å²) in [5.74, 6) is -5.28. The van der Waals surface area contributed by atoms with Crippen LogP contribution in [0, 0.1) is 17.6 Å². The predicted octanol–water partition coefficient (Wildman–Crippen LogP) is 0.970. The molecule has 0 radical (unpaired) electrons. The van der Waals surface area contributed by atoms with E-state index in [1.807, 2.05) is 0 Å². The first-order chi connectivity index (χ1) is 17.0. The largest absolute Gasteiger partial charge is 0.501 e. The van der Waals surface area contributed by atoms with Gasteiger partial charge in [0.15, 0.2) is 17.3 Å². The highest BCUT2D eigenvalue weighted by Crippen LogP contribution is 2.42. The molecule has 1 fully saturated rings. The number of aromatic nitrogens is 2. The highest BCUT2D eigenvalue weighted by Gasteiger charge is 2.43. The Morgan fingerprint density at radius 1 is 1.14 bits per heavy atom. The van der Waals surface area contributed by atoms with E-state index >= 15 is 0 Å². The maximum Gasteiger partial charge on any atom is 0.312 e. The van der Waals surface area contributed by atoms with Crippen molar-refractivity contribution in [3.8, 4) is 5.75 Å². The van der Waals surface area contributed by atoms with Gasteiger partial charge in [-0.25, -0.2) is 13.8 Å². The number of likely N-dealkylation sites (N-methyl/N-ethyl adjacent to an activating group) is 2. The van der Waals surface area contributed by atoms with Crippen molar-refractivity contribution >= 4 is 17.7 Å². The lowest BCUT2D eigenvalue weighted by atomic mass is 9.78. The van der Waals surface area contributed by atoms with Crippen LogP contribution in [0.25, 0.3) is 0 Å². The van der Waals surface area contributed by atoms with Crippen LogP contribution in [0.15, 0.2) is 23.0 Å². The number of benzene rings is 1. The molecule has 3 amide bonds. The van der Waals surface area contributed by atoms with Crippen molar-refractivity contribution < 1.29 is 28.3 Å². The molecule has 5 rings (SSSR count). The third kappa shape index (κ3) is 4.54. The summed E-state index contributed by atoms with van der Waals surface area (Å²) in [6.45, 7) is 0.0791. The number of nitrogens with one attached hydrogen (secondary N) is 1. The number of hydrogen-bond donors (Lipinski definition) is 2. The minimum atomic E-state index is -1.07. The quantitative estimate of drug-likeness (QED) is 0.599. The van der Waals surface area contributed by atoms with Gasteiger partial charge in [0.25, 0.3) is 11.5 Å². The Kier molecular flexibility index (Phi) is 6.79. The zero-order valence-corrected chi connectivity index (χ0v) is 20.1. The van der Waals surface area contributed by atoms with E-state index < -0.39 is 58.3 Å². The molecule has 36 heavy (non-hydrogen) atoms. The fraction of sp³-hybridized carbons (Fsp3) is 0.458. The predicted molar refractivity (Wildman–Crippen MR) is 123 cm³/mol. The summed E-state index contributed by atoms with van der Waals surface area (Å²) >= 11 is 0. The van der Waals surface area contributed by atoms with E-state index in [-0.39, 0.29) is 30.4 Å². The molecule has 2 bridgehead atoms. The van der Waals surface area contributed by atoms with Gasteiger partial charge in [0.05, 0.1) is 0 Å². The fourth-order valence-electron chi connectivity index (χ4n) is 4.97. The Hall–Kier alpha value is -3.83. The molecule has 3 aliphatic rings. The molecule has 192 valence electrons. The summed E-state index contributed by atoms with van der Waals surface area (Å²) in [6.07, 6.45) is 1.87. The van der Waals surface area contributed by atoms with Gasteiger partial charge < -0.3 is 20.2 Å². The summed E-state index contributed by atoms with van der Waals surface area (Å²) in [4.78, 5) is 57.8. The van der Waals surface area contributed by atoms with Gasteiger partial charge >= 0.3 is 11.8 Å². The SMILES string of the molecule is CN(C)C(=O)C(=O)N(C)C1CC2CCC1c1nc(C(=O)NCc3ccc(F)c(F)c3)c(O)c(=O)n1C2. The highest BCUT2D eigenvalue weighted by molar-refractivity contribution is 6.34. The number of rotatable bonds is 4. The van der Waals surface area contributed by atoms with Gasteiger partial charge in [0, 0.05) is 46.2 Å². The van der Waals surface area contributed by atoms with Crippen molar-refractivity contribution in [2.24, 2.45) is 5.92 Å². The zero-order valence-electron chi connectivity index (χ0n) is 20.1. The van der Waals surface area contributed by atoms with Gasteiger partial charge in [-0.2, -0.15) is 0 Å². The van der Waals surface area contributed by atoms with E-state index in [9.17, 15) is 33.1 Å². The van der Waals surface area contributed by atoms with Gasteiger partial charge in [0.2, 0.25) is 5.75 Å². The normalized spacial score (nSPS) is 20.3. The Labute approximate surface area is 205 Å². The first kappa shape index (κ1) is 25.3. The van der Waals surface area contributed by atoms with Crippen molar-refractivity contribution in [3.63, 3.8) is 0 Å². The Morgan fingerprint density at radius 2 is 1.86 bits per heavy atom. The van der Waals surface area contributed by atoms with E-state index in [2.05, 4.69) is 10.3 Å². The van der Waals surface area contributed by atoms with Gasteiger partial charge in [-0.1, -0.05) is 6.07 Å². The van der Waals surface area contributed by atoms with Crippen LogP contribution in [0.2, 0.25) is 0 Å². The fourth-order valence-corrected chi connectivity index (χ4v) is 4.97. The highest BCUT2D eigenvalue weighted by atomic mass is 19.2. The van der Waals surface area contributed by atoms with Crippen LogP contribution >= 0.6 is 0 Å². The third-order valence-corrected chi connectivity index (χ3v) is 6.93. The lowest BCUT2D eigenvalue weighted by molar-refractivity contribution is -0.151. The summed E-state index contributed by atoms with van der Waals surface area (Å²) < 4.78 is 28.0. The molecule has 10 nitrogen and oxygen atoms in total. The third-order valence-electron chi connectivity index (χ3n) is 6.93. The van der Waals surface area contributed by atoms with Gasteiger partial charge in [0.1, 0.15) is 5.82 Å². The zero-order chi connectivity index (χ0) is 26.3. The number of carbonyl (C=O) groups excluding carboxylic acids is 3. The van der Waals surface area contributed by atoms with Crippen LogP contribution < -0.4 is 10.9 Å². The lowest BCUT2D eigenvalue weighted by Crippen LogP contribution is -2.49. The molecule has 2 aromatic rings. The monoisotopic (exact) mass is 503 g/mol. The minimum absolute atomic E-state index is 0.0177. The molecule has 0 saturated heterocycles. The van der Waals surface area contributed by atoms with Crippen molar-refractivity contribution in [2.45, 2.75) is 44.3 Å². The standard InChI is InChI=1S/C24H27F2N5O5/c1-29(2)23(35)24(36)30(3)17-9-13-4-6-14(17)20-28-18(19(32)22(34)31(20)11-13)21(33)27-10-12-5-7-15(25)16(26)8-12/h5,7-8,13-14,17,32H,4,6,9-11H2,1-3H3,(H,27,33). The maximum atomic E-state index is 13.5. The van der Waals surface area contributed by atoms with E-state index in [0.717, 1.165) is 18.6 Å². The second kappa shape index (κ2) is 9.67. The summed E-state index contributed by atoms with van der Waals surface area (Å²) in [7, 11) is 4.50. The number of amides is 3. The topological polar surface area (TPSA) is 125 Å². The van der Waals surface area contributed by atoms with E-state index in [1.165, 1.54) is 41.6 Å². The Bertz CT molecular complexity index is 1290. The number of halogens is 2. The lowest BCUT2D eigenvalue weighted by Gasteiger charge is -2.38. The van der Waals surface area contributed by atoms with Gasteiger partial charge in [-0.05, 0) is 42.9 Å².